The zero-order valence-corrected chi connectivity index (χ0v) is 10.1. The summed E-state index contributed by atoms with van der Waals surface area (Å²) in [6.07, 6.45) is 4.35. The molecule has 1 aliphatic carbocycles. The van der Waals surface area contributed by atoms with Crippen LogP contribution in [0.25, 0.3) is 0 Å². The van der Waals surface area contributed by atoms with Gasteiger partial charge in [0, 0.05) is 24.2 Å². The molecule has 0 heterocycles. The van der Waals surface area contributed by atoms with E-state index in [9.17, 15) is 9.59 Å². The molecular formula is C13H22O2. The zero-order chi connectivity index (χ0) is 11.4. The Labute approximate surface area is 92.4 Å². The van der Waals surface area contributed by atoms with Crippen LogP contribution < -0.4 is 0 Å². The van der Waals surface area contributed by atoms with Crippen molar-refractivity contribution in [2.24, 2.45) is 17.8 Å². The van der Waals surface area contributed by atoms with Crippen LogP contribution in [0.15, 0.2) is 0 Å². The Morgan fingerprint density at radius 2 is 1.53 bits per heavy atom. The third-order valence-electron chi connectivity index (χ3n) is 3.50. The average molecular weight is 210 g/mol. The van der Waals surface area contributed by atoms with Crippen LogP contribution in [0.5, 0.6) is 0 Å². The van der Waals surface area contributed by atoms with Gasteiger partial charge in [-0.15, -0.1) is 0 Å². The summed E-state index contributed by atoms with van der Waals surface area (Å²) < 4.78 is 0. The first kappa shape index (κ1) is 12.4. The zero-order valence-electron chi connectivity index (χ0n) is 10.1. The van der Waals surface area contributed by atoms with Gasteiger partial charge in [0.1, 0.15) is 11.6 Å². The van der Waals surface area contributed by atoms with Crippen molar-refractivity contribution in [3.8, 4) is 0 Å². The molecule has 0 spiro atoms. The van der Waals surface area contributed by atoms with E-state index in [0.29, 0.717) is 18.0 Å². The van der Waals surface area contributed by atoms with Crippen LogP contribution in [0.2, 0.25) is 0 Å². The van der Waals surface area contributed by atoms with Crippen LogP contribution >= 0.6 is 0 Å². The van der Waals surface area contributed by atoms with Crippen LogP contribution in [0, 0.1) is 17.8 Å². The van der Waals surface area contributed by atoms with Gasteiger partial charge >= 0.3 is 0 Å². The highest BCUT2D eigenvalue weighted by Crippen LogP contribution is 2.31. The number of carbonyl (C=O) groups is 2. The van der Waals surface area contributed by atoms with Gasteiger partial charge in [-0.2, -0.15) is 0 Å². The molecule has 0 radical (unpaired) electrons. The molecule has 2 heteroatoms. The van der Waals surface area contributed by atoms with Crippen molar-refractivity contribution >= 4 is 11.6 Å². The predicted octanol–water partition coefficient (Wildman–Crippen LogP) is 3.00. The monoisotopic (exact) mass is 210 g/mol. The minimum absolute atomic E-state index is 0.147. The van der Waals surface area contributed by atoms with E-state index in [2.05, 4.69) is 0 Å². The number of hydrogen-bond acceptors (Lipinski definition) is 2. The molecule has 0 bridgehead atoms. The quantitative estimate of drug-likeness (QED) is 0.714. The number of carbonyl (C=O) groups excluding carboxylic acids is 2. The molecule has 0 aromatic rings. The third kappa shape index (κ3) is 3.15. The van der Waals surface area contributed by atoms with Gasteiger partial charge in [-0.05, 0) is 25.7 Å². The summed E-state index contributed by atoms with van der Waals surface area (Å²) in [5, 5.41) is 0. The predicted molar refractivity (Wildman–Crippen MR) is 60.6 cm³/mol. The Bertz CT molecular complexity index is 235. The first-order chi connectivity index (χ1) is 7.06. The summed E-state index contributed by atoms with van der Waals surface area (Å²) in [5.74, 6) is 1.38. The molecule has 0 aliphatic heterocycles. The lowest BCUT2D eigenvalue weighted by atomic mass is 9.76. The van der Waals surface area contributed by atoms with E-state index in [1.165, 1.54) is 0 Å². The summed E-state index contributed by atoms with van der Waals surface area (Å²) in [4.78, 5) is 23.3. The summed E-state index contributed by atoms with van der Waals surface area (Å²) in [5.41, 5.74) is 0. The molecule has 86 valence electrons. The van der Waals surface area contributed by atoms with E-state index in [-0.39, 0.29) is 17.8 Å². The van der Waals surface area contributed by atoms with Crippen molar-refractivity contribution in [3.05, 3.63) is 0 Å². The van der Waals surface area contributed by atoms with Crippen LogP contribution in [-0.4, -0.2) is 11.6 Å². The van der Waals surface area contributed by atoms with Crippen LogP contribution in [0.4, 0.5) is 0 Å². The molecule has 1 saturated carbocycles. The van der Waals surface area contributed by atoms with Gasteiger partial charge in [0.05, 0.1) is 0 Å². The Balaban J connectivity index is 2.42. The fraction of sp³-hybridized carbons (Fsp3) is 0.846. The summed E-state index contributed by atoms with van der Waals surface area (Å²) in [6, 6.07) is 0. The first-order valence-corrected chi connectivity index (χ1v) is 6.12. The maximum atomic E-state index is 11.8. The van der Waals surface area contributed by atoms with Crippen molar-refractivity contribution in [1.29, 1.82) is 0 Å². The van der Waals surface area contributed by atoms with Gasteiger partial charge in [-0.1, -0.05) is 20.8 Å². The molecule has 2 nitrogen and oxygen atoms in total. The molecule has 1 aliphatic rings. The van der Waals surface area contributed by atoms with E-state index in [0.717, 1.165) is 25.7 Å². The maximum Gasteiger partial charge on any atom is 0.138 e. The fourth-order valence-electron chi connectivity index (χ4n) is 2.46. The fourth-order valence-corrected chi connectivity index (χ4v) is 2.46. The Morgan fingerprint density at radius 3 is 1.93 bits per heavy atom. The van der Waals surface area contributed by atoms with Crippen molar-refractivity contribution < 1.29 is 9.59 Å². The maximum absolute atomic E-state index is 11.8. The molecular weight excluding hydrogens is 188 g/mol. The minimum atomic E-state index is 0.147. The first-order valence-electron chi connectivity index (χ1n) is 6.12. The second kappa shape index (κ2) is 5.43. The molecule has 1 fully saturated rings. The molecule has 0 amide bonds. The average Bonchev–Trinajstić information content (AvgIpc) is 2.27. The molecule has 1 rings (SSSR count). The minimum Gasteiger partial charge on any atom is -0.299 e. The van der Waals surface area contributed by atoms with E-state index in [4.69, 9.17) is 0 Å². The van der Waals surface area contributed by atoms with Crippen LogP contribution in [0.1, 0.15) is 52.9 Å². The normalized spacial score (nSPS) is 26.7. The molecule has 0 atom stereocenters. The van der Waals surface area contributed by atoms with Gasteiger partial charge in [-0.3, -0.25) is 9.59 Å². The topological polar surface area (TPSA) is 34.1 Å². The van der Waals surface area contributed by atoms with Gasteiger partial charge in [-0.25, -0.2) is 0 Å². The molecule has 0 aromatic heterocycles. The van der Waals surface area contributed by atoms with Crippen molar-refractivity contribution in [2.45, 2.75) is 52.9 Å². The van der Waals surface area contributed by atoms with E-state index in [1.54, 1.807) is 0 Å². The van der Waals surface area contributed by atoms with Gasteiger partial charge < -0.3 is 0 Å². The largest absolute Gasteiger partial charge is 0.299 e. The lowest BCUT2D eigenvalue weighted by Gasteiger charge is -2.27. The Kier molecular flexibility index (Phi) is 4.49. The highest BCUT2D eigenvalue weighted by Gasteiger charge is 2.29. The Hall–Kier alpha value is -0.660. The number of ketones is 2. The second-order valence-corrected chi connectivity index (χ2v) is 4.93. The summed E-state index contributed by atoms with van der Waals surface area (Å²) in [6.45, 7) is 5.85. The Morgan fingerprint density at radius 1 is 1.07 bits per heavy atom. The molecule has 0 aromatic carbocycles. The van der Waals surface area contributed by atoms with Crippen molar-refractivity contribution in [2.75, 3.05) is 0 Å². The number of hydrogen-bond donors (Lipinski definition) is 0. The smallest absolute Gasteiger partial charge is 0.138 e. The standard InChI is InChI=1S/C13H22O2/c1-4-12(14)10-5-7-11(8-6-10)13(15)9(2)3/h9-11H,4-8H2,1-3H3/t10-,11-. The third-order valence-corrected chi connectivity index (χ3v) is 3.50. The van der Waals surface area contributed by atoms with E-state index >= 15 is 0 Å². The lowest BCUT2D eigenvalue weighted by molar-refractivity contribution is -0.129. The van der Waals surface area contributed by atoms with Gasteiger partial charge in [0.2, 0.25) is 0 Å². The molecule has 0 N–H and O–H groups in total. The second-order valence-electron chi connectivity index (χ2n) is 4.93. The van der Waals surface area contributed by atoms with E-state index < -0.39 is 0 Å². The number of Topliss-reactive ketones (excluding diaryl/α,β-unsaturated/α-hetero) is 2. The van der Waals surface area contributed by atoms with Crippen LogP contribution in [-0.2, 0) is 9.59 Å². The molecule has 0 unspecified atom stereocenters. The van der Waals surface area contributed by atoms with Gasteiger partial charge in [0.25, 0.3) is 0 Å². The molecule has 15 heavy (non-hydrogen) atoms. The van der Waals surface area contributed by atoms with Crippen molar-refractivity contribution in [3.63, 3.8) is 0 Å². The summed E-state index contributed by atoms with van der Waals surface area (Å²) in [7, 11) is 0. The van der Waals surface area contributed by atoms with Gasteiger partial charge in [0.15, 0.2) is 0 Å². The highest BCUT2D eigenvalue weighted by atomic mass is 16.1. The SMILES string of the molecule is CCC(=O)[C@H]1CC[C@H](C(=O)C(C)C)CC1. The van der Waals surface area contributed by atoms with Crippen molar-refractivity contribution in [1.82, 2.24) is 0 Å². The number of rotatable bonds is 4. The highest BCUT2D eigenvalue weighted by molar-refractivity contribution is 5.84. The molecule has 0 saturated heterocycles. The van der Waals surface area contributed by atoms with E-state index in [1.807, 2.05) is 20.8 Å². The lowest BCUT2D eigenvalue weighted by Crippen LogP contribution is -2.27. The summed E-state index contributed by atoms with van der Waals surface area (Å²) >= 11 is 0. The van der Waals surface area contributed by atoms with Crippen LogP contribution in [0.3, 0.4) is 0 Å².